The van der Waals surface area contributed by atoms with Crippen molar-refractivity contribution in [1.82, 2.24) is 9.80 Å². The van der Waals surface area contributed by atoms with E-state index in [0.29, 0.717) is 18.8 Å². The molecule has 1 heterocycles. The molecule has 0 saturated carbocycles. The molecule has 1 fully saturated rings. The summed E-state index contributed by atoms with van der Waals surface area (Å²) in [6, 6.07) is 16.7. The number of ether oxygens (including phenoxy) is 1. The van der Waals surface area contributed by atoms with Crippen LogP contribution < -0.4 is 5.32 Å². The zero-order valence-electron chi connectivity index (χ0n) is 17.3. The molecule has 1 N–H and O–H groups in total. The molecule has 1 aliphatic rings. The molecule has 0 spiro atoms. The summed E-state index contributed by atoms with van der Waals surface area (Å²) in [6.45, 7) is 6.61. The van der Waals surface area contributed by atoms with Gasteiger partial charge in [0.05, 0.1) is 5.56 Å². The van der Waals surface area contributed by atoms with E-state index >= 15 is 0 Å². The van der Waals surface area contributed by atoms with Crippen LogP contribution >= 0.6 is 0 Å². The molecule has 158 valence electrons. The number of benzene rings is 2. The van der Waals surface area contributed by atoms with Crippen LogP contribution in [-0.2, 0) is 20.9 Å². The first-order valence-electron chi connectivity index (χ1n) is 10.1. The van der Waals surface area contributed by atoms with E-state index in [-0.39, 0.29) is 17.4 Å². The monoisotopic (exact) mass is 409 g/mol. The molecular formula is C23H27N3O4. The zero-order valence-corrected chi connectivity index (χ0v) is 17.3. The quantitative estimate of drug-likeness (QED) is 0.742. The number of rotatable bonds is 6. The smallest absolute Gasteiger partial charge is 0.338 e. The van der Waals surface area contributed by atoms with Gasteiger partial charge >= 0.3 is 5.97 Å². The lowest BCUT2D eigenvalue weighted by atomic mass is 10.2. The standard InChI is InChI=1S/C23H27N3O4/c1-17(30-23(29)20-9-6-10-21(15-20)24-18(2)27)22(28)26-13-11-25(12-14-26)16-19-7-4-3-5-8-19/h3-10,15,17H,11-14,16H2,1-2H3,(H,24,27). The van der Waals surface area contributed by atoms with E-state index < -0.39 is 12.1 Å². The number of esters is 1. The fraction of sp³-hybridized carbons (Fsp3) is 0.348. The zero-order chi connectivity index (χ0) is 21.5. The third-order valence-corrected chi connectivity index (χ3v) is 4.98. The first-order chi connectivity index (χ1) is 14.4. The topological polar surface area (TPSA) is 78.9 Å². The van der Waals surface area contributed by atoms with Gasteiger partial charge in [-0.2, -0.15) is 0 Å². The summed E-state index contributed by atoms with van der Waals surface area (Å²) in [5, 5.41) is 2.62. The lowest BCUT2D eigenvalue weighted by Gasteiger charge is -2.35. The van der Waals surface area contributed by atoms with Gasteiger partial charge in [-0.1, -0.05) is 36.4 Å². The number of hydrogen-bond acceptors (Lipinski definition) is 5. The number of anilines is 1. The molecule has 1 saturated heterocycles. The molecule has 0 bridgehead atoms. The molecule has 1 aliphatic heterocycles. The Kier molecular flexibility index (Phi) is 7.19. The van der Waals surface area contributed by atoms with Gasteiger partial charge in [0.25, 0.3) is 5.91 Å². The molecular weight excluding hydrogens is 382 g/mol. The van der Waals surface area contributed by atoms with Gasteiger partial charge in [0.1, 0.15) is 0 Å². The van der Waals surface area contributed by atoms with Crippen LogP contribution in [0.1, 0.15) is 29.8 Å². The van der Waals surface area contributed by atoms with Gasteiger partial charge in [0, 0.05) is 45.3 Å². The molecule has 0 radical (unpaired) electrons. The van der Waals surface area contributed by atoms with Crippen molar-refractivity contribution in [3.05, 3.63) is 65.7 Å². The van der Waals surface area contributed by atoms with Crippen LogP contribution in [0.15, 0.2) is 54.6 Å². The largest absolute Gasteiger partial charge is 0.449 e. The average molecular weight is 409 g/mol. The molecule has 7 heteroatoms. The van der Waals surface area contributed by atoms with Crippen molar-refractivity contribution in [1.29, 1.82) is 0 Å². The van der Waals surface area contributed by atoms with Crippen molar-refractivity contribution in [3.8, 4) is 0 Å². The van der Waals surface area contributed by atoms with E-state index in [0.717, 1.165) is 19.6 Å². The van der Waals surface area contributed by atoms with E-state index in [9.17, 15) is 14.4 Å². The average Bonchev–Trinajstić information content (AvgIpc) is 2.74. The first-order valence-corrected chi connectivity index (χ1v) is 10.1. The molecule has 0 aromatic heterocycles. The third-order valence-electron chi connectivity index (χ3n) is 4.98. The van der Waals surface area contributed by atoms with Crippen LogP contribution in [0.3, 0.4) is 0 Å². The minimum atomic E-state index is -0.873. The van der Waals surface area contributed by atoms with Gasteiger partial charge in [0.2, 0.25) is 5.91 Å². The third kappa shape index (κ3) is 5.90. The van der Waals surface area contributed by atoms with Crippen molar-refractivity contribution in [2.24, 2.45) is 0 Å². The molecule has 1 atom stereocenters. The Balaban J connectivity index is 1.50. The van der Waals surface area contributed by atoms with Gasteiger partial charge in [-0.3, -0.25) is 14.5 Å². The summed E-state index contributed by atoms with van der Waals surface area (Å²) in [7, 11) is 0. The second kappa shape index (κ2) is 10.0. The summed E-state index contributed by atoms with van der Waals surface area (Å²) in [6.07, 6.45) is -0.873. The molecule has 2 amide bonds. The highest BCUT2D eigenvalue weighted by atomic mass is 16.5. The SMILES string of the molecule is CC(=O)Nc1cccc(C(=O)OC(C)C(=O)N2CCN(Cc3ccccc3)CC2)c1. The molecule has 2 aromatic carbocycles. The van der Waals surface area contributed by atoms with Crippen LogP contribution in [-0.4, -0.2) is 59.9 Å². The maximum Gasteiger partial charge on any atom is 0.338 e. The Labute approximate surface area is 176 Å². The Morgan fingerprint density at radius 2 is 1.70 bits per heavy atom. The number of carbonyl (C=O) groups is 3. The maximum atomic E-state index is 12.7. The van der Waals surface area contributed by atoms with Crippen LogP contribution in [0.4, 0.5) is 5.69 Å². The normalized spacial score (nSPS) is 15.3. The highest BCUT2D eigenvalue weighted by Gasteiger charge is 2.27. The van der Waals surface area contributed by atoms with Crippen molar-refractivity contribution in [2.75, 3.05) is 31.5 Å². The Morgan fingerprint density at radius 3 is 2.37 bits per heavy atom. The Morgan fingerprint density at radius 1 is 1.00 bits per heavy atom. The minimum Gasteiger partial charge on any atom is -0.449 e. The number of amides is 2. The highest BCUT2D eigenvalue weighted by Crippen LogP contribution is 2.14. The first kappa shape index (κ1) is 21.5. The predicted molar refractivity (Wildman–Crippen MR) is 114 cm³/mol. The van der Waals surface area contributed by atoms with Gasteiger partial charge in [-0.15, -0.1) is 0 Å². The number of carbonyl (C=O) groups excluding carboxylic acids is 3. The summed E-state index contributed by atoms with van der Waals surface area (Å²) >= 11 is 0. The second-order valence-electron chi connectivity index (χ2n) is 7.40. The van der Waals surface area contributed by atoms with Crippen molar-refractivity contribution in [3.63, 3.8) is 0 Å². The van der Waals surface area contributed by atoms with E-state index in [1.165, 1.54) is 18.6 Å². The van der Waals surface area contributed by atoms with Gasteiger partial charge < -0.3 is 15.0 Å². The number of piperazine rings is 1. The summed E-state index contributed by atoms with van der Waals surface area (Å²) in [5.41, 5.74) is 2.04. The van der Waals surface area contributed by atoms with Crippen LogP contribution in [0.5, 0.6) is 0 Å². The molecule has 3 rings (SSSR count). The molecule has 30 heavy (non-hydrogen) atoms. The van der Waals surface area contributed by atoms with Crippen LogP contribution in [0, 0.1) is 0 Å². The summed E-state index contributed by atoms with van der Waals surface area (Å²) < 4.78 is 5.38. The van der Waals surface area contributed by atoms with E-state index in [2.05, 4.69) is 22.3 Å². The molecule has 7 nitrogen and oxygen atoms in total. The fourth-order valence-corrected chi connectivity index (χ4v) is 3.43. The van der Waals surface area contributed by atoms with Crippen LogP contribution in [0.2, 0.25) is 0 Å². The van der Waals surface area contributed by atoms with Crippen LogP contribution in [0.25, 0.3) is 0 Å². The van der Waals surface area contributed by atoms with E-state index in [1.807, 2.05) is 18.2 Å². The maximum absolute atomic E-state index is 12.7. The summed E-state index contributed by atoms with van der Waals surface area (Å²) in [5.74, 6) is -1.01. The van der Waals surface area contributed by atoms with Crippen molar-refractivity contribution in [2.45, 2.75) is 26.5 Å². The predicted octanol–water partition coefficient (Wildman–Crippen LogP) is 2.53. The Bertz CT molecular complexity index is 892. The molecule has 2 aromatic rings. The van der Waals surface area contributed by atoms with E-state index in [4.69, 9.17) is 4.74 Å². The van der Waals surface area contributed by atoms with Gasteiger partial charge in [0.15, 0.2) is 6.10 Å². The molecule has 0 aliphatic carbocycles. The highest BCUT2D eigenvalue weighted by molar-refractivity contribution is 5.95. The minimum absolute atomic E-state index is 0.194. The van der Waals surface area contributed by atoms with Crippen molar-refractivity contribution < 1.29 is 19.1 Å². The summed E-state index contributed by atoms with van der Waals surface area (Å²) in [4.78, 5) is 40.4. The number of nitrogens with one attached hydrogen (secondary N) is 1. The number of hydrogen-bond donors (Lipinski definition) is 1. The van der Waals surface area contributed by atoms with Gasteiger partial charge in [-0.25, -0.2) is 4.79 Å². The lowest BCUT2D eigenvalue weighted by Crippen LogP contribution is -2.51. The Hall–Kier alpha value is -3.19. The second-order valence-corrected chi connectivity index (χ2v) is 7.40. The lowest BCUT2D eigenvalue weighted by molar-refractivity contribution is -0.141. The fourth-order valence-electron chi connectivity index (χ4n) is 3.43. The van der Waals surface area contributed by atoms with Gasteiger partial charge in [-0.05, 0) is 30.7 Å². The van der Waals surface area contributed by atoms with Crippen molar-refractivity contribution >= 4 is 23.5 Å². The molecule has 1 unspecified atom stereocenters. The van der Waals surface area contributed by atoms with E-state index in [1.54, 1.807) is 30.0 Å². The number of nitrogens with zero attached hydrogens (tertiary/aromatic N) is 2.